The molecule has 8 heteroatoms. The van der Waals surface area contributed by atoms with Gasteiger partial charge in [0.25, 0.3) is 5.91 Å². The molecule has 2 heterocycles. The summed E-state index contributed by atoms with van der Waals surface area (Å²) in [6.45, 7) is 0.564. The first kappa shape index (κ1) is 15.7. The highest BCUT2D eigenvalue weighted by molar-refractivity contribution is 6.00. The first-order valence-electron chi connectivity index (χ1n) is 7.61. The van der Waals surface area contributed by atoms with Crippen LogP contribution in [0.1, 0.15) is 23.2 Å². The van der Waals surface area contributed by atoms with Gasteiger partial charge >= 0.3 is 0 Å². The van der Waals surface area contributed by atoms with Gasteiger partial charge in [-0.3, -0.25) is 19.5 Å². The zero-order valence-corrected chi connectivity index (χ0v) is 12.9. The molecule has 0 spiro atoms. The molecular formula is C16H17N5O3. The van der Waals surface area contributed by atoms with Gasteiger partial charge in [-0.2, -0.15) is 5.10 Å². The number of aromatic nitrogens is 2. The molecule has 2 aromatic rings. The van der Waals surface area contributed by atoms with Crippen LogP contribution in [0.5, 0.6) is 0 Å². The summed E-state index contributed by atoms with van der Waals surface area (Å²) >= 11 is 0. The maximum Gasteiger partial charge on any atom is 0.251 e. The lowest BCUT2D eigenvalue weighted by Crippen LogP contribution is -2.32. The number of amides is 3. The predicted octanol–water partition coefficient (Wildman–Crippen LogP) is 0.905. The van der Waals surface area contributed by atoms with Crippen molar-refractivity contribution in [2.24, 2.45) is 0 Å². The van der Waals surface area contributed by atoms with Crippen molar-refractivity contribution in [2.45, 2.75) is 12.8 Å². The minimum Gasteiger partial charge on any atom is -0.343 e. The molecule has 24 heavy (non-hydrogen) atoms. The van der Waals surface area contributed by atoms with Crippen molar-refractivity contribution in [3.8, 4) is 0 Å². The van der Waals surface area contributed by atoms with Gasteiger partial charge in [-0.15, -0.1) is 0 Å². The van der Waals surface area contributed by atoms with E-state index < -0.39 is 0 Å². The Bertz CT molecular complexity index is 740. The average molecular weight is 327 g/mol. The molecule has 0 radical (unpaired) electrons. The van der Waals surface area contributed by atoms with E-state index in [0.29, 0.717) is 24.2 Å². The van der Waals surface area contributed by atoms with Crippen LogP contribution in [0.4, 0.5) is 11.4 Å². The van der Waals surface area contributed by atoms with Gasteiger partial charge in [0.2, 0.25) is 11.8 Å². The number of carbonyl (C=O) groups excluding carboxylic acids is 3. The molecular weight excluding hydrogens is 310 g/mol. The minimum absolute atomic E-state index is 0.100. The fraction of sp³-hybridized carbons (Fsp3) is 0.250. The van der Waals surface area contributed by atoms with E-state index in [9.17, 15) is 14.4 Å². The molecule has 0 atom stereocenters. The molecule has 3 amide bonds. The molecule has 1 fully saturated rings. The largest absolute Gasteiger partial charge is 0.343 e. The third-order valence-corrected chi connectivity index (χ3v) is 3.71. The molecule has 0 saturated carbocycles. The SMILES string of the molecule is O=C(CNC(=O)c1ccc(N2CCCC2=O)cc1)Nc1cn[nH]c1. The van der Waals surface area contributed by atoms with E-state index in [4.69, 9.17) is 0 Å². The van der Waals surface area contributed by atoms with Crippen molar-refractivity contribution in [2.75, 3.05) is 23.3 Å². The smallest absolute Gasteiger partial charge is 0.251 e. The predicted molar refractivity (Wildman–Crippen MR) is 87.6 cm³/mol. The normalized spacial score (nSPS) is 13.8. The second-order valence-electron chi connectivity index (χ2n) is 5.41. The van der Waals surface area contributed by atoms with Crippen molar-refractivity contribution in [3.05, 3.63) is 42.2 Å². The number of anilines is 2. The highest BCUT2D eigenvalue weighted by atomic mass is 16.2. The zero-order chi connectivity index (χ0) is 16.9. The van der Waals surface area contributed by atoms with E-state index in [0.717, 1.165) is 12.1 Å². The van der Waals surface area contributed by atoms with Crippen LogP contribution in [0.25, 0.3) is 0 Å². The van der Waals surface area contributed by atoms with Gasteiger partial charge < -0.3 is 15.5 Å². The Kier molecular flexibility index (Phi) is 4.55. The number of rotatable bonds is 5. The number of aromatic amines is 1. The molecule has 3 rings (SSSR count). The van der Waals surface area contributed by atoms with Crippen LogP contribution in [-0.4, -0.2) is 41.0 Å². The molecule has 0 unspecified atom stereocenters. The topological polar surface area (TPSA) is 107 Å². The van der Waals surface area contributed by atoms with Crippen LogP contribution in [0.3, 0.4) is 0 Å². The van der Waals surface area contributed by atoms with Gasteiger partial charge in [0.1, 0.15) is 0 Å². The van der Waals surface area contributed by atoms with E-state index in [2.05, 4.69) is 20.8 Å². The maximum absolute atomic E-state index is 12.1. The van der Waals surface area contributed by atoms with Crippen LogP contribution in [0.2, 0.25) is 0 Å². The second-order valence-corrected chi connectivity index (χ2v) is 5.41. The third-order valence-electron chi connectivity index (χ3n) is 3.71. The summed E-state index contributed by atoms with van der Waals surface area (Å²) in [7, 11) is 0. The number of nitrogens with one attached hydrogen (secondary N) is 3. The standard InChI is InChI=1S/C16H17N5O3/c22-14(20-12-8-18-19-9-12)10-17-16(24)11-3-5-13(6-4-11)21-7-1-2-15(21)23/h3-6,8-9H,1-2,7,10H2,(H,17,24)(H,18,19)(H,20,22). The fourth-order valence-electron chi connectivity index (χ4n) is 2.50. The summed E-state index contributed by atoms with van der Waals surface area (Å²) in [4.78, 5) is 37.2. The monoisotopic (exact) mass is 327 g/mol. The van der Waals surface area contributed by atoms with E-state index in [1.165, 1.54) is 12.4 Å². The number of hydrogen-bond acceptors (Lipinski definition) is 4. The Morgan fingerprint density at radius 2 is 2.04 bits per heavy atom. The van der Waals surface area contributed by atoms with Crippen LogP contribution in [-0.2, 0) is 9.59 Å². The van der Waals surface area contributed by atoms with Gasteiger partial charge in [0.15, 0.2) is 0 Å². The summed E-state index contributed by atoms with van der Waals surface area (Å²) in [5.41, 5.74) is 1.75. The van der Waals surface area contributed by atoms with Crippen molar-refractivity contribution in [1.29, 1.82) is 0 Å². The molecule has 1 aromatic heterocycles. The molecule has 124 valence electrons. The minimum atomic E-state index is -0.350. The maximum atomic E-state index is 12.1. The Hall–Kier alpha value is -3.16. The molecule has 0 aliphatic carbocycles. The van der Waals surface area contributed by atoms with Gasteiger partial charge in [-0.1, -0.05) is 0 Å². The van der Waals surface area contributed by atoms with Gasteiger partial charge in [0.05, 0.1) is 18.4 Å². The third kappa shape index (κ3) is 3.60. The molecule has 1 aromatic carbocycles. The lowest BCUT2D eigenvalue weighted by atomic mass is 10.2. The highest BCUT2D eigenvalue weighted by Gasteiger charge is 2.21. The van der Waals surface area contributed by atoms with Gasteiger partial charge in [-0.05, 0) is 30.7 Å². The Morgan fingerprint density at radius 3 is 2.67 bits per heavy atom. The Labute approximate surface area is 138 Å². The number of carbonyl (C=O) groups is 3. The lowest BCUT2D eigenvalue weighted by molar-refractivity contribution is -0.117. The number of H-pyrrole nitrogens is 1. The van der Waals surface area contributed by atoms with E-state index in [1.54, 1.807) is 29.2 Å². The number of hydrogen-bond donors (Lipinski definition) is 3. The summed E-state index contributed by atoms with van der Waals surface area (Å²) in [5.74, 6) is -0.594. The van der Waals surface area contributed by atoms with Crippen molar-refractivity contribution in [3.63, 3.8) is 0 Å². The molecule has 8 nitrogen and oxygen atoms in total. The number of nitrogens with zero attached hydrogens (tertiary/aromatic N) is 2. The van der Waals surface area contributed by atoms with Crippen molar-refractivity contribution < 1.29 is 14.4 Å². The molecule has 1 aliphatic heterocycles. The van der Waals surface area contributed by atoms with Crippen LogP contribution >= 0.6 is 0 Å². The molecule has 3 N–H and O–H groups in total. The van der Waals surface area contributed by atoms with Gasteiger partial charge in [0, 0.05) is 30.4 Å². The van der Waals surface area contributed by atoms with Crippen LogP contribution in [0.15, 0.2) is 36.7 Å². The molecule has 0 bridgehead atoms. The van der Waals surface area contributed by atoms with Gasteiger partial charge in [-0.25, -0.2) is 0 Å². The first-order chi connectivity index (χ1) is 11.6. The summed E-state index contributed by atoms with van der Waals surface area (Å²) in [6, 6.07) is 6.77. The zero-order valence-electron chi connectivity index (χ0n) is 12.9. The first-order valence-corrected chi connectivity index (χ1v) is 7.61. The summed E-state index contributed by atoms with van der Waals surface area (Å²) < 4.78 is 0. The van der Waals surface area contributed by atoms with Crippen LogP contribution < -0.4 is 15.5 Å². The second kappa shape index (κ2) is 6.95. The summed E-state index contributed by atoms with van der Waals surface area (Å²) in [5, 5.41) is 11.4. The van der Waals surface area contributed by atoms with Crippen LogP contribution in [0, 0.1) is 0 Å². The van der Waals surface area contributed by atoms with E-state index >= 15 is 0 Å². The molecule has 1 saturated heterocycles. The lowest BCUT2D eigenvalue weighted by Gasteiger charge is -2.15. The quantitative estimate of drug-likeness (QED) is 0.758. The Balaban J connectivity index is 1.53. The summed E-state index contributed by atoms with van der Waals surface area (Å²) in [6.07, 6.45) is 4.43. The van der Waals surface area contributed by atoms with Crippen molar-refractivity contribution >= 4 is 29.1 Å². The average Bonchev–Trinajstić information content (AvgIpc) is 3.24. The van der Waals surface area contributed by atoms with Crippen molar-refractivity contribution in [1.82, 2.24) is 15.5 Å². The number of benzene rings is 1. The van der Waals surface area contributed by atoms with E-state index in [1.807, 2.05) is 0 Å². The fourth-order valence-corrected chi connectivity index (χ4v) is 2.50. The highest BCUT2D eigenvalue weighted by Crippen LogP contribution is 2.21. The van der Waals surface area contributed by atoms with E-state index in [-0.39, 0.29) is 24.3 Å². The Morgan fingerprint density at radius 1 is 1.25 bits per heavy atom. The molecule has 1 aliphatic rings.